The molecule has 0 unspecified atom stereocenters. The predicted molar refractivity (Wildman–Crippen MR) is 201 cm³/mol. The van der Waals surface area contributed by atoms with Gasteiger partial charge in [0.25, 0.3) is 0 Å². The number of carbonyl (C=O) groups excluding carboxylic acids is 3. The first-order valence-electron chi connectivity index (χ1n) is 20.7. The second kappa shape index (κ2) is 35.2. The van der Waals surface area contributed by atoms with E-state index in [0.717, 1.165) is 69.6 Å². The van der Waals surface area contributed by atoms with Gasteiger partial charge >= 0.3 is 17.9 Å². The smallest absolute Gasteiger partial charge is 0.306 e. The summed E-state index contributed by atoms with van der Waals surface area (Å²) in [6.45, 7) is 11.2. The van der Waals surface area contributed by atoms with Crippen molar-refractivity contribution in [1.82, 2.24) is 0 Å². The van der Waals surface area contributed by atoms with Crippen molar-refractivity contribution in [3.8, 4) is 0 Å². The van der Waals surface area contributed by atoms with Crippen LogP contribution in [0.1, 0.15) is 221 Å². The summed E-state index contributed by atoms with van der Waals surface area (Å²) >= 11 is 0. The second-order valence-electron chi connectivity index (χ2n) is 15.2. The molecule has 0 radical (unpaired) electrons. The van der Waals surface area contributed by atoms with Crippen LogP contribution in [-0.4, -0.2) is 37.2 Å². The average molecular weight is 681 g/mol. The van der Waals surface area contributed by atoms with Gasteiger partial charge in [-0.1, -0.05) is 182 Å². The molecule has 0 fully saturated rings. The first kappa shape index (κ1) is 46.4. The highest BCUT2D eigenvalue weighted by Crippen LogP contribution is 2.15. The van der Waals surface area contributed by atoms with E-state index in [4.69, 9.17) is 14.2 Å². The fourth-order valence-corrected chi connectivity index (χ4v) is 6.05. The first-order chi connectivity index (χ1) is 23.2. The van der Waals surface area contributed by atoms with Gasteiger partial charge in [0.05, 0.1) is 0 Å². The SMILES string of the molecule is CCCCCCCCCCCCC(=O)O[C@H](COC(=O)CCCCCCCCCCC(C)C)COC(=O)CCCCCCCCC(C)C. The largest absolute Gasteiger partial charge is 0.462 e. The Balaban J connectivity index is 4.35. The third-order valence-electron chi connectivity index (χ3n) is 9.22. The molecule has 0 aromatic heterocycles. The van der Waals surface area contributed by atoms with Gasteiger partial charge in [-0.3, -0.25) is 14.4 Å². The molecular weight excluding hydrogens is 600 g/mol. The molecule has 0 saturated carbocycles. The van der Waals surface area contributed by atoms with Crippen LogP contribution in [0.15, 0.2) is 0 Å². The molecule has 1 atom stereocenters. The highest BCUT2D eigenvalue weighted by atomic mass is 16.6. The Kier molecular flexibility index (Phi) is 34.1. The average Bonchev–Trinajstić information content (AvgIpc) is 3.05. The molecule has 0 amide bonds. The molecule has 284 valence electrons. The minimum absolute atomic E-state index is 0.0668. The van der Waals surface area contributed by atoms with Gasteiger partial charge in [-0.25, -0.2) is 0 Å². The summed E-state index contributed by atoms with van der Waals surface area (Å²) in [6.07, 6.45) is 31.0. The summed E-state index contributed by atoms with van der Waals surface area (Å²) in [5.41, 5.74) is 0. The molecule has 0 N–H and O–H groups in total. The summed E-state index contributed by atoms with van der Waals surface area (Å²) in [5, 5.41) is 0. The van der Waals surface area contributed by atoms with Crippen molar-refractivity contribution in [3.63, 3.8) is 0 Å². The summed E-state index contributed by atoms with van der Waals surface area (Å²) < 4.78 is 16.6. The number of carbonyl (C=O) groups is 3. The van der Waals surface area contributed by atoms with E-state index in [-0.39, 0.29) is 31.1 Å². The molecule has 0 spiro atoms. The first-order valence-corrected chi connectivity index (χ1v) is 20.7. The summed E-state index contributed by atoms with van der Waals surface area (Å²) in [4.78, 5) is 37.5. The fourth-order valence-electron chi connectivity index (χ4n) is 6.05. The van der Waals surface area contributed by atoms with Gasteiger partial charge in [0.15, 0.2) is 6.10 Å². The molecule has 0 aliphatic heterocycles. The van der Waals surface area contributed by atoms with Crippen molar-refractivity contribution in [2.75, 3.05) is 13.2 Å². The van der Waals surface area contributed by atoms with Crippen molar-refractivity contribution >= 4 is 17.9 Å². The lowest BCUT2D eigenvalue weighted by Crippen LogP contribution is -2.30. The number of unbranched alkanes of at least 4 members (excludes halogenated alkanes) is 21. The number of hydrogen-bond donors (Lipinski definition) is 0. The van der Waals surface area contributed by atoms with Gasteiger partial charge in [-0.05, 0) is 31.1 Å². The van der Waals surface area contributed by atoms with Crippen molar-refractivity contribution < 1.29 is 28.6 Å². The lowest BCUT2D eigenvalue weighted by Gasteiger charge is -2.18. The van der Waals surface area contributed by atoms with E-state index >= 15 is 0 Å². The molecule has 0 aliphatic rings. The van der Waals surface area contributed by atoms with E-state index in [0.29, 0.717) is 19.3 Å². The number of hydrogen-bond acceptors (Lipinski definition) is 6. The third kappa shape index (κ3) is 35.7. The van der Waals surface area contributed by atoms with Gasteiger partial charge in [0.1, 0.15) is 13.2 Å². The standard InChI is InChI=1S/C42H80O6/c1-6-7-8-9-10-11-12-17-24-29-34-42(45)48-39(36-47-41(44)33-28-23-19-18-21-26-31-38(4)5)35-46-40(43)32-27-22-16-14-13-15-20-25-30-37(2)3/h37-39H,6-36H2,1-5H3/t39-/m1/s1. The zero-order valence-corrected chi connectivity index (χ0v) is 32.6. The van der Waals surface area contributed by atoms with Gasteiger partial charge in [0, 0.05) is 19.3 Å². The Morgan fingerprint density at radius 1 is 0.396 bits per heavy atom. The Labute approximate surface area is 298 Å². The lowest BCUT2D eigenvalue weighted by atomic mass is 10.0. The van der Waals surface area contributed by atoms with Crippen molar-refractivity contribution in [3.05, 3.63) is 0 Å². The Hall–Kier alpha value is -1.59. The fraction of sp³-hybridized carbons (Fsp3) is 0.929. The maximum atomic E-state index is 12.6. The van der Waals surface area contributed by atoms with Crippen LogP contribution in [0.5, 0.6) is 0 Å². The summed E-state index contributed by atoms with van der Waals surface area (Å²) in [7, 11) is 0. The Morgan fingerprint density at radius 3 is 1.02 bits per heavy atom. The lowest BCUT2D eigenvalue weighted by molar-refractivity contribution is -0.167. The Bertz CT molecular complexity index is 734. The molecule has 0 heterocycles. The normalized spacial score (nSPS) is 12.1. The molecule has 0 aliphatic carbocycles. The predicted octanol–water partition coefficient (Wildman–Crippen LogP) is 12.6. The maximum Gasteiger partial charge on any atom is 0.306 e. The van der Waals surface area contributed by atoms with Crippen LogP contribution in [0.25, 0.3) is 0 Å². The number of esters is 3. The van der Waals surface area contributed by atoms with Crippen LogP contribution < -0.4 is 0 Å². The zero-order valence-electron chi connectivity index (χ0n) is 32.6. The third-order valence-corrected chi connectivity index (χ3v) is 9.22. The molecule has 0 aromatic rings. The molecule has 0 bridgehead atoms. The zero-order chi connectivity index (χ0) is 35.5. The molecule has 48 heavy (non-hydrogen) atoms. The highest BCUT2D eigenvalue weighted by Gasteiger charge is 2.19. The molecule has 0 saturated heterocycles. The minimum atomic E-state index is -0.759. The minimum Gasteiger partial charge on any atom is -0.462 e. The van der Waals surface area contributed by atoms with Crippen LogP contribution in [-0.2, 0) is 28.6 Å². The topological polar surface area (TPSA) is 78.9 Å². The van der Waals surface area contributed by atoms with E-state index in [1.54, 1.807) is 0 Å². The molecule has 0 aromatic carbocycles. The van der Waals surface area contributed by atoms with Crippen LogP contribution in [0.4, 0.5) is 0 Å². The van der Waals surface area contributed by atoms with Crippen LogP contribution >= 0.6 is 0 Å². The molecule has 0 rings (SSSR count). The van der Waals surface area contributed by atoms with Gasteiger partial charge in [-0.2, -0.15) is 0 Å². The van der Waals surface area contributed by atoms with Gasteiger partial charge in [-0.15, -0.1) is 0 Å². The molecular formula is C42H80O6. The van der Waals surface area contributed by atoms with Crippen LogP contribution in [0.2, 0.25) is 0 Å². The quantitative estimate of drug-likeness (QED) is 0.0372. The van der Waals surface area contributed by atoms with E-state index in [2.05, 4.69) is 34.6 Å². The van der Waals surface area contributed by atoms with Crippen molar-refractivity contribution in [2.45, 2.75) is 227 Å². The summed E-state index contributed by atoms with van der Waals surface area (Å²) in [6, 6.07) is 0. The van der Waals surface area contributed by atoms with Gasteiger partial charge in [0.2, 0.25) is 0 Å². The summed E-state index contributed by atoms with van der Waals surface area (Å²) in [5.74, 6) is 0.689. The van der Waals surface area contributed by atoms with E-state index in [1.165, 1.54) is 109 Å². The van der Waals surface area contributed by atoms with Crippen molar-refractivity contribution in [2.24, 2.45) is 11.8 Å². The second-order valence-corrected chi connectivity index (χ2v) is 15.2. The maximum absolute atomic E-state index is 12.6. The monoisotopic (exact) mass is 681 g/mol. The van der Waals surface area contributed by atoms with Crippen LogP contribution in [0, 0.1) is 11.8 Å². The van der Waals surface area contributed by atoms with E-state index in [9.17, 15) is 14.4 Å². The molecule has 6 nitrogen and oxygen atoms in total. The van der Waals surface area contributed by atoms with E-state index < -0.39 is 6.10 Å². The van der Waals surface area contributed by atoms with Gasteiger partial charge < -0.3 is 14.2 Å². The Morgan fingerprint density at radius 2 is 0.688 bits per heavy atom. The number of ether oxygens (including phenoxy) is 3. The molecule has 6 heteroatoms. The van der Waals surface area contributed by atoms with E-state index in [1.807, 2.05) is 0 Å². The van der Waals surface area contributed by atoms with Crippen LogP contribution in [0.3, 0.4) is 0 Å². The highest BCUT2D eigenvalue weighted by molar-refractivity contribution is 5.71. The number of rotatable bonds is 36. The van der Waals surface area contributed by atoms with Crippen molar-refractivity contribution in [1.29, 1.82) is 0 Å².